The second-order valence-electron chi connectivity index (χ2n) is 6.79. The van der Waals surface area contributed by atoms with Crippen LogP contribution in [0.3, 0.4) is 0 Å². The highest BCUT2D eigenvalue weighted by Gasteiger charge is 2.24. The van der Waals surface area contributed by atoms with E-state index in [0.717, 1.165) is 41.0 Å². The number of fused-ring (bicyclic) bond motifs is 3. The van der Waals surface area contributed by atoms with Crippen LogP contribution < -0.4 is 9.47 Å². The van der Waals surface area contributed by atoms with Crippen molar-refractivity contribution < 1.29 is 9.47 Å². The largest absolute Gasteiger partial charge is 0.493 e. The maximum absolute atomic E-state index is 6.20. The van der Waals surface area contributed by atoms with E-state index in [1.807, 2.05) is 24.3 Å². The number of rotatable bonds is 5. The molecule has 0 N–H and O–H groups in total. The molecule has 4 rings (SSSR count). The third-order valence-electron chi connectivity index (χ3n) is 4.87. The number of allylic oxidation sites excluding steroid dienone is 1. The number of aromatic nitrogens is 2. The van der Waals surface area contributed by atoms with Crippen LogP contribution in [0.15, 0.2) is 37.2 Å². The lowest BCUT2D eigenvalue weighted by Crippen LogP contribution is -2.08. The maximum atomic E-state index is 6.20. The maximum Gasteiger partial charge on any atom is 0.231 e. The third kappa shape index (κ3) is 3.07. The molecular formula is C21H22N2O2S. The van der Waals surface area contributed by atoms with Crippen molar-refractivity contribution in [2.24, 2.45) is 5.92 Å². The van der Waals surface area contributed by atoms with E-state index >= 15 is 0 Å². The molecule has 26 heavy (non-hydrogen) atoms. The minimum Gasteiger partial charge on any atom is -0.493 e. The van der Waals surface area contributed by atoms with Gasteiger partial charge in [-0.15, -0.1) is 17.9 Å². The Morgan fingerprint density at radius 3 is 3.00 bits per heavy atom. The highest BCUT2D eigenvalue weighted by molar-refractivity contribution is 7.18. The number of ether oxygens (including phenoxy) is 2. The van der Waals surface area contributed by atoms with Gasteiger partial charge in [0, 0.05) is 4.88 Å². The summed E-state index contributed by atoms with van der Waals surface area (Å²) in [5.74, 6) is 2.72. The summed E-state index contributed by atoms with van der Waals surface area (Å²) in [6.45, 7) is 6.10. The van der Waals surface area contributed by atoms with E-state index in [-0.39, 0.29) is 0 Å². The fraction of sp³-hybridized carbons (Fsp3) is 0.333. The zero-order valence-electron chi connectivity index (χ0n) is 15.1. The van der Waals surface area contributed by atoms with Gasteiger partial charge in [0.25, 0.3) is 0 Å². The Balaban J connectivity index is 1.75. The first-order chi connectivity index (χ1) is 12.7. The van der Waals surface area contributed by atoms with Crippen LogP contribution in [0.5, 0.6) is 17.4 Å². The number of benzene rings is 1. The van der Waals surface area contributed by atoms with E-state index < -0.39 is 0 Å². The lowest BCUT2D eigenvalue weighted by atomic mass is 9.89. The molecule has 0 radical (unpaired) electrons. The Morgan fingerprint density at radius 2 is 2.19 bits per heavy atom. The fourth-order valence-corrected chi connectivity index (χ4v) is 4.86. The van der Waals surface area contributed by atoms with E-state index in [2.05, 4.69) is 23.5 Å². The number of thiophene rings is 1. The van der Waals surface area contributed by atoms with Gasteiger partial charge in [0.1, 0.15) is 11.2 Å². The van der Waals surface area contributed by atoms with Crippen LogP contribution in [-0.4, -0.2) is 17.1 Å². The predicted octanol–water partition coefficient (Wildman–Crippen LogP) is 5.35. The van der Waals surface area contributed by atoms with Crippen molar-refractivity contribution in [2.45, 2.75) is 32.6 Å². The van der Waals surface area contributed by atoms with Crippen LogP contribution in [-0.2, 0) is 19.3 Å². The summed E-state index contributed by atoms with van der Waals surface area (Å²) in [6.07, 6.45) is 7.64. The number of methoxy groups -OCH3 is 1. The van der Waals surface area contributed by atoms with Gasteiger partial charge < -0.3 is 9.47 Å². The molecule has 2 aromatic heterocycles. The van der Waals surface area contributed by atoms with Gasteiger partial charge in [0.15, 0.2) is 11.5 Å². The van der Waals surface area contributed by atoms with Crippen molar-refractivity contribution in [1.29, 1.82) is 0 Å². The van der Waals surface area contributed by atoms with E-state index in [9.17, 15) is 0 Å². The smallest absolute Gasteiger partial charge is 0.231 e. The molecule has 0 fully saturated rings. The Morgan fingerprint density at radius 1 is 1.31 bits per heavy atom. The fourth-order valence-electron chi connectivity index (χ4n) is 3.52. The number of aryl methyl sites for hydroxylation is 1. The van der Waals surface area contributed by atoms with Crippen LogP contribution in [0.2, 0.25) is 0 Å². The molecule has 1 aliphatic carbocycles. The van der Waals surface area contributed by atoms with Crippen LogP contribution in [0.25, 0.3) is 10.2 Å². The monoisotopic (exact) mass is 366 g/mol. The molecule has 1 aromatic carbocycles. The normalized spacial score (nSPS) is 16.3. The van der Waals surface area contributed by atoms with Crippen molar-refractivity contribution in [1.82, 2.24) is 9.97 Å². The summed E-state index contributed by atoms with van der Waals surface area (Å²) in [4.78, 5) is 11.4. The van der Waals surface area contributed by atoms with E-state index in [4.69, 9.17) is 9.47 Å². The zero-order valence-corrected chi connectivity index (χ0v) is 15.9. The average Bonchev–Trinajstić information content (AvgIpc) is 3.01. The Hall–Kier alpha value is -2.40. The molecule has 0 amide bonds. The van der Waals surface area contributed by atoms with Crippen molar-refractivity contribution in [3.05, 3.63) is 53.2 Å². The van der Waals surface area contributed by atoms with Gasteiger partial charge in [0.05, 0.1) is 12.5 Å². The molecule has 0 unspecified atom stereocenters. The SMILES string of the molecule is C=CCc1ccc(Oc2ncnc3sc4c(c23)CC[C@@H](C)C4)c(OC)c1. The van der Waals surface area contributed by atoms with Gasteiger partial charge in [-0.3, -0.25) is 0 Å². The molecule has 0 saturated heterocycles. The molecule has 2 heterocycles. The van der Waals surface area contributed by atoms with E-state index in [0.29, 0.717) is 17.4 Å². The van der Waals surface area contributed by atoms with Crippen molar-refractivity contribution >= 4 is 21.6 Å². The summed E-state index contributed by atoms with van der Waals surface area (Å²) in [5.41, 5.74) is 2.50. The summed E-state index contributed by atoms with van der Waals surface area (Å²) >= 11 is 1.77. The first-order valence-electron chi connectivity index (χ1n) is 8.90. The molecular weight excluding hydrogens is 344 g/mol. The van der Waals surface area contributed by atoms with Crippen molar-refractivity contribution in [3.8, 4) is 17.4 Å². The van der Waals surface area contributed by atoms with Crippen LogP contribution in [0, 0.1) is 5.92 Å². The van der Waals surface area contributed by atoms with Crippen molar-refractivity contribution in [3.63, 3.8) is 0 Å². The molecule has 134 valence electrons. The van der Waals surface area contributed by atoms with Gasteiger partial charge in [-0.2, -0.15) is 0 Å². The summed E-state index contributed by atoms with van der Waals surface area (Å²) in [7, 11) is 1.66. The summed E-state index contributed by atoms with van der Waals surface area (Å²) in [6, 6.07) is 5.95. The molecule has 1 atom stereocenters. The summed E-state index contributed by atoms with van der Waals surface area (Å²) < 4.78 is 11.7. The summed E-state index contributed by atoms with van der Waals surface area (Å²) in [5, 5.41) is 1.07. The Labute approximate surface area is 157 Å². The standard InChI is InChI=1S/C21H22N2O2S/c1-4-5-14-7-9-16(17(11-14)24-3)25-20-19-15-8-6-13(2)10-18(15)26-21(19)23-12-22-20/h4,7,9,11-13H,1,5-6,8,10H2,2-3H3/t13-/m1/s1. The zero-order chi connectivity index (χ0) is 18.1. The molecule has 0 aliphatic heterocycles. The second kappa shape index (κ2) is 7.08. The van der Waals surface area contributed by atoms with E-state index in [1.54, 1.807) is 24.8 Å². The quantitative estimate of drug-likeness (QED) is 0.571. The lowest BCUT2D eigenvalue weighted by Gasteiger charge is -2.18. The molecule has 5 heteroatoms. The van der Waals surface area contributed by atoms with Gasteiger partial charge in [-0.1, -0.05) is 19.1 Å². The number of hydrogen-bond donors (Lipinski definition) is 0. The van der Waals surface area contributed by atoms with Gasteiger partial charge in [0.2, 0.25) is 5.88 Å². The van der Waals surface area contributed by atoms with Crippen LogP contribution >= 0.6 is 11.3 Å². The van der Waals surface area contributed by atoms with Gasteiger partial charge >= 0.3 is 0 Å². The molecule has 4 nitrogen and oxygen atoms in total. The molecule has 1 aliphatic rings. The highest BCUT2D eigenvalue weighted by atomic mass is 32.1. The van der Waals surface area contributed by atoms with Crippen molar-refractivity contribution in [2.75, 3.05) is 7.11 Å². The minimum atomic E-state index is 0.622. The predicted molar refractivity (Wildman–Crippen MR) is 106 cm³/mol. The van der Waals surface area contributed by atoms with Gasteiger partial charge in [-0.25, -0.2) is 9.97 Å². The molecule has 0 saturated carbocycles. The highest BCUT2D eigenvalue weighted by Crippen LogP contribution is 2.42. The molecule has 3 aromatic rings. The first kappa shape index (κ1) is 17.0. The number of hydrogen-bond acceptors (Lipinski definition) is 5. The Kier molecular flexibility index (Phi) is 4.64. The van der Waals surface area contributed by atoms with Crippen LogP contribution in [0.4, 0.5) is 0 Å². The average molecular weight is 366 g/mol. The first-order valence-corrected chi connectivity index (χ1v) is 9.72. The third-order valence-corrected chi connectivity index (χ3v) is 6.03. The molecule has 0 bridgehead atoms. The minimum absolute atomic E-state index is 0.622. The van der Waals surface area contributed by atoms with Crippen LogP contribution in [0.1, 0.15) is 29.3 Å². The number of nitrogens with zero attached hydrogens (tertiary/aromatic N) is 2. The molecule has 0 spiro atoms. The lowest BCUT2D eigenvalue weighted by molar-refractivity contribution is 0.375. The topological polar surface area (TPSA) is 44.2 Å². The Bertz CT molecular complexity index is 964. The van der Waals surface area contributed by atoms with E-state index in [1.165, 1.54) is 16.9 Å². The van der Waals surface area contributed by atoms with Gasteiger partial charge in [-0.05, 0) is 54.9 Å². The second-order valence-corrected chi connectivity index (χ2v) is 7.87.